The summed E-state index contributed by atoms with van der Waals surface area (Å²) in [5.41, 5.74) is -0.654. The lowest BCUT2D eigenvalue weighted by Gasteiger charge is -2.19. The molecule has 23 heavy (non-hydrogen) atoms. The SMILES string of the molecule is CCCNC(=O)NC(=O)CN(C)Cc1ccccc1C(F)(F)F. The number of alkyl halides is 3. The number of halogens is 3. The third-order valence-corrected chi connectivity index (χ3v) is 2.97. The van der Waals surface area contributed by atoms with Gasteiger partial charge in [-0.25, -0.2) is 4.79 Å². The molecule has 0 fully saturated rings. The third kappa shape index (κ3) is 6.68. The number of nitrogens with one attached hydrogen (secondary N) is 2. The van der Waals surface area contributed by atoms with Crippen LogP contribution in [0.1, 0.15) is 24.5 Å². The van der Waals surface area contributed by atoms with E-state index in [1.54, 1.807) is 0 Å². The van der Waals surface area contributed by atoms with Crippen LogP contribution in [-0.4, -0.2) is 37.0 Å². The summed E-state index contributed by atoms with van der Waals surface area (Å²) in [5.74, 6) is -0.578. The molecule has 0 aliphatic carbocycles. The molecule has 0 aliphatic rings. The van der Waals surface area contributed by atoms with Gasteiger partial charge in [0.1, 0.15) is 0 Å². The van der Waals surface area contributed by atoms with Crippen molar-refractivity contribution in [3.8, 4) is 0 Å². The van der Waals surface area contributed by atoms with E-state index in [4.69, 9.17) is 0 Å². The first-order valence-corrected chi connectivity index (χ1v) is 7.15. The molecule has 128 valence electrons. The Bertz CT molecular complexity index is 547. The van der Waals surface area contributed by atoms with E-state index in [0.29, 0.717) is 6.54 Å². The minimum absolute atomic E-state index is 0.0559. The maximum atomic E-state index is 12.9. The smallest absolute Gasteiger partial charge is 0.338 e. The Morgan fingerprint density at radius 3 is 2.48 bits per heavy atom. The van der Waals surface area contributed by atoms with E-state index >= 15 is 0 Å². The molecule has 0 saturated carbocycles. The van der Waals surface area contributed by atoms with Crippen LogP contribution in [0.15, 0.2) is 24.3 Å². The molecule has 1 aromatic rings. The molecule has 8 heteroatoms. The minimum Gasteiger partial charge on any atom is -0.338 e. The lowest BCUT2D eigenvalue weighted by Crippen LogP contribution is -2.43. The van der Waals surface area contributed by atoms with E-state index in [2.05, 4.69) is 10.6 Å². The topological polar surface area (TPSA) is 61.4 Å². The number of rotatable bonds is 6. The average Bonchev–Trinajstić information content (AvgIpc) is 2.44. The minimum atomic E-state index is -4.44. The molecule has 0 atom stereocenters. The number of hydrogen-bond donors (Lipinski definition) is 2. The van der Waals surface area contributed by atoms with Gasteiger partial charge in [-0.2, -0.15) is 13.2 Å². The van der Waals surface area contributed by atoms with Gasteiger partial charge < -0.3 is 5.32 Å². The van der Waals surface area contributed by atoms with Crippen LogP contribution >= 0.6 is 0 Å². The molecule has 0 unspecified atom stereocenters. The number of amides is 3. The van der Waals surface area contributed by atoms with Gasteiger partial charge in [0.05, 0.1) is 12.1 Å². The number of imide groups is 1. The second-order valence-corrected chi connectivity index (χ2v) is 5.13. The van der Waals surface area contributed by atoms with E-state index in [0.717, 1.165) is 12.5 Å². The van der Waals surface area contributed by atoms with E-state index in [9.17, 15) is 22.8 Å². The van der Waals surface area contributed by atoms with Gasteiger partial charge in [-0.05, 0) is 25.1 Å². The fourth-order valence-electron chi connectivity index (χ4n) is 1.98. The second kappa shape index (κ2) is 8.52. The van der Waals surface area contributed by atoms with E-state index in [1.807, 2.05) is 6.92 Å². The first-order valence-electron chi connectivity index (χ1n) is 7.15. The highest BCUT2D eigenvalue weighted by atomic mass is 19.4. The van der Waals surface area contributed by atoms with Crippen molar-refractivity contribution < 1.29 is 22.8 Å². The fraction of sp³-hybridized carbons (Fsp3) is 0.467. The highest BCUT2D eigenvalue weighted by Gasteiger charge is 2.33. The normalized spacial score (nSPS) is 11.4. The fourth-order valence-corrected chi connectivity index (χ4v) is 1.98. The lowest BCUT2D eigenvalue weighted by atomic mass is 10.1. The van der Waals surface area contributed by atoms with Gasteiger partial charge >= 0.3 is 12.2 Å². The van der Waals surface area contributed by atoms with Crippen molar-refractivity contribution in [1.82, 2.24) is 15.5 Å². The number of hydrogen-bond acceptors (Lipinski definition) is 3. The molecule has 0 aromatic heterocycles. The van der Waals surface area contributed by atoms with Crippen molar-refractivity contribution in [3.05, 3.63) is 35.4 Å². The molecule has 0 radical (unpaired) electrons. The van der Waals surface area contributed by atoms with Crippen molar-refractivity contribution in [2.24, 2.45) is 0 Å². The van der Waals surface area contributed by atoms with Crippen molar-refractivity contribution in [3.63, 3.8) is 0 Å². The summed E-state index contributed by atoms with van der Waals surface area (Å²) in [6.07, 6.45) is -3.71. The summed E-state index contributed by atoms with van der Waals surface area (Å²) in [6.45, 7) is 2.06. The number of urea groups is 1. The summed E-state index contributed by atoms with van der Waals surface area (Å²) in [5, 5.41) is 4.60. The molecule has 0 bridgehead atoms. The van der Waals surface area contributed by atoms with Crippen LogP contribution in [0.5, 0.6) is 0 Å². The van der Waals surface area contributed by atoms with Crippen LogP contribution in [0.25, 0.3) is 0 Å². The molecule has 0 heterocycles. The maximum absolute atomic E-state index is 12.9. The zero-order valence-corrected chi connectivity index (χ0v) is 13.0. The monoisotopic (exact) mass is 331 g/mol. The van der Waals surface area contributed by atoms with Gasteiger partial charge in [0.15, 0.2) is 0 Å². The van der Waals surface area contributed by atoms with Crippen molar-refractivity contribution >= 4 is 11.9 Å². The molecule has 0 spiro atoms. The van der Waals surface area contributed by atoms with E-state index in [-0.39, 0.29) is 18.7 Å². The zero-order chi connectivity index (χ0) is 17.5. The molecule has 0 aliphatic heterocycles. The van der Waals surface area contributed by atoms with Gasteiger partial charge in [0.2, 0.25) is 5.91 Å². The van der Waals surface area contributed by atoms with Gasteiger partial charge in [-0.15, -0.1) is 0 Å². The van der Waals surface area contributed by atoms with Gasteiger partial charge in [-0.3, -0.25) is 15.0 Å². The van der Waals surface area contributed by atoms with Crippen LogP contribution in [0.2, 0.25) is 0 Å². The Hall–Kier alpha value is -2.09. The Morgan fingerprint density at radius 1 is 1.22 bits per heavy atom. The Labute approximate surface area is 132 Å². The number of nitrogens with zero attached hydrogens (tertiary/aromatic N) is 1. The number of carbonyl (C=O) groups excluding carboxylic acids is 2. The second-order valence-electron chi connectivity index (χ2n) is 5.13. The highest BCUT2D eigenvalue weighted by Crippen LogP contribution is 2.32. The van der Waals surface area contributed by atoms with Crippen LogP contribution in [0.4, 0.5) is 18.0 Å². The molecule has 1 aromatic carbocycles. The van der Waals surface area contributed by atoms with Crippen molar-refractivity contribution in [2.75, 3.05) is 20.1 Å². The first kappa shape index (κ1) is 19.0. The largest absolute Gasteiger partial charge is 0.416 e. The maximum Gasteiger partial charge on any atom is 0.416 e. The molecule has 3 amide bonds. The van der Waals surface area contributed by atoms with Gasteiger partial charge in [0.25, 0.3) is 0 Å². The molecular weight excluding hydrogens is 311 g/mol. The summed E-state index contributed by atoms with van der Waals surface area (Å²) in [6, 6.07) is 4.58. The standard InChI is InChI=1S/C15H20F3N3O2/c1-3-8-19-14(23)20-13(22)10-21(2)9-11-6-4-5-7-12(11)15(16,17)18/h4-7H,3,8-10H2,1-2H3,(H2,19,20,22,23). The number of carbonyl (C=O) groups is 2. The molecule has 5 nitrogen and oxygen atoms in total. The molecule has 2 N–H and O–H groups in total. The molecule has 0 saturated heterocycles. The summed E-state index contributed by atoms with van der Waals surface area (Å²) < 4.78 is 38.7. The van der Waals surface area contributed by atoms with Crippen LogP contribution in [0, 0.1) is 0 Å². The quantitative estimate of drug-likeness (QED) is 0.841. The predicted octanol–water partition coefficient (Wildman–Crippen LogP) is 2.37. The Kier molecular flexibility index (Phi) is 7.02. The lowest BCUT2D eigenvalue weighted by molar-refractivity contribution is -0.138. The number of benzene rings is 1. The average molecular weight is 331 g/mol. The summed E-state index contributed by atoms with van der Waals surface area (Å²) in [7, 11) is 1.51. The van der Waals surface area contributed by atoms with Gasteiger partial charge in [-0.1, -0.05) is 25.1 Å². The molecule has 1 rings (SSSR count). The molecular formula is C15H20F3N3O2. The Morgan fingerprint density at radius 2 is 1.87 bits per heavy atom. The number of likely N-dealkylation sites (N-methyl/N-ethyl adjacent to an activating group) is 1. The highest BCUT2D eigenvalue weighted by molar-refractivity contribution is 5.95. The van der Waals surface area contributed by atoms with Crippen molar-refractivity contribution in [2.45, 2.75) is 26.1 Å². The van der Waals surface area contributed by atoms with Crippen LogP contribution < -0.4 is 10.6 Å². The zero-order valence-electron chi connectivity index (χ0n) is 13.0. The van der Waals surface area contributed by atoms with E-state index in [1.165, 1.54) is 30.1 Å². The Balaban J connectivity index is 2.59. The van der Waals surface area contributed by atoms with E-state index < -0.39 is 23.7 Å². The van der Waals surface area contributed by atoms with Crippen LogP contribution in [0.3, 0.4) is 0 Å². The predicted molar refractivity (Wildman–Crippen MR) is 79.6 cm³/mol. The van der Waals surface area contributed by atoms with Gasteiger partial charge in [0, 0.05) is 13.1 Å². The van der Waals surface area contributed by atoms with Crippen LogP contribution in [-0.2, 0) is 17.5 Å². The summed E-state index contributed by atoms with van der Waals surface area (Å²) in [4.78, 5) is 24.4. The first-order chi connectivity index (χ1) is 10.7. The van der Waals surface area contributed by atoms with Crippen molar-refractivity contribution in [1.29, 1.82) is 0 Å². The summed E-state index contributed by atoms with van der Waals surface area (Å²) >= 11 is 0. The third-order valence-electron chi connectivity index (χ3n) is 2.97.